The number of hydrogen-bond donors (Lipinski definition) is 2. The number of nitrogens with one attached hydrogen (secondary N) is 1. The molecule has 22 heavy (non-hydrogen) atoms. The number of aliphatic hydroxyl groups excluding tert-OH is 1. The molecule has 0 aliphatic carbocycles. The minimum atomic E-state index is -0.519. The van der Waals surface area contributed by atoms with Gasteiger partial charge in [-0.1, -0.05) is 13.3 Å². The first-order valence-electron chi connectivity index (χ1n) is 7.51. The second-order valence-electron chi connectivity index (χ2n) is 6.65. The summed E-state index contributed by atoms with van der Waals surface area (Å²) >= 11 is 5.12. The monoisotopic (exact) mass is 391 g/mol. The molecule has 1 rings (SSSR count). The van der Waals surface area contributed by atoms with Crippen LogP contribution in [0.1, 0.15) is 45.4 Å². The molecule has 126 valence electrons. The zero-order valence-electron chi connectivity index (χ0n) is 13.7. The van der Waals surface area contributed by atoms with Gasteiger partial charge in [0.25, 0.3) is 0 Å². The molecule has 0 saturated heterocycles. The van der Waals surface area contributed by atoms with E-state index in [0.29, 0.717) is 6.54 Å². The highest BCUT2D eigenvalue weighted by Gasteiger charge is 2.31. The molecular weight excluding hydrogens is 366 g/mol. The summed E-state index contributed by atoms with van der Waals surface area (Å²) in [5.74, 6) is 0. The first kappa shape index (κ1) is 19.5. The maximum atomic E-state index is 11.9. The second kappa shape index (κ2) is 8.31. The number of aliphatic hydroxyl groups is 1. The SMILES string of the molecule is CCCC(CO)(CNC(=O)OC(C)(C)C)Cc1ccc(Br)s1. The molecule has 1 aromatic heterocycles. The molecule has 0 fully saturated rings. The Labute approximate surface area is 145 Å². The summed E-state index contributed by atoms with van der Waals surface area (Å²) in [7, 11) is 0. The van der Waals surface area contributed by atoms with Crippen LogP contribution < -0.4 is 5.32 Å². The van der Waals surface area contributed by atoms with Crippen LogP contribution in [0.15, 0.2) is 15.9 Å². The number of carbonyl (C=O) groups excluding carboxylic acids is 1. The second-order valence-corrected chi connectivity index (χ2v) is 9.19. The van der Waals surface area contributed by atoms with Gasteiger partial charge in [0, 0.05) is 16.8 Å². The number of ether oxygens (including phenoxy) is 1. The number of hydrogen-bond acceptors (Lipinski definition) is 4. The van der Waals surface area contributed by atoms with Gasteiger partial charge in [0.2, 0.25) is 0 Å². The molecule has 6 heteroatoms. The fourth-order valence-electron chi connectivity index (χ4n) is 2.35. The average Bonchev–Trinajstić information content (AvgIpc) is 2.79. The van der Waals surface area contributed by atoms with E-state index in [0.717, 1.165) is 23.0 Å². The summed E-state index contributed by atoms with van der Waals surface area (Å²) < 4.78 is 6.35. The van der Waals surface area contributed by atoms with E-state index in [4.69, 9.17) is 4.74 Å². The van der Waals surface area contributed by atoms with Crippen LogP contribution in [0.5, 0.6) is 0 Å². The molecule has 1 amide bonds. The third-order valence-corrected chi connectivity index (χ3v) is 4.92. The van der Waals surface area contributed by atoms with Crippen molar-refractivity contribution in [3.05, 3.63) is 20.8 Å². The van der Waals surface area contributed by atoms with Crippen molar-refractivity contribution in [2.24, 2.45) is 5.41 Å². The van der Waals surface area contributed by atoms with Crippen LogP contribution in [0, 0.1) is 5.41 Å². The maximum Gasteiger partial charge on any atom is 0.407 e. The van der Waals surface area contributed by atoms with Gasteiger partial charge in [-0.2, -0.15) is 0 Å². The summed E-state index contributed by atoms with van der Waals surface area (Å²) in [6, 6.07) is 4.07. The summed E-state index contributed by atoms with van der Waals surface area (Å²) in [6.45, 7) is 8.03. The number of alkyl carbamates (subject to hydrolysis) is 1. The van der Waals surface area contributed by atoms with Gasteiger partial charge in [0.15, 0.2) is 0 Å². The van der Waals surface area contributed by atoms with Crippen LogP contribution in [-0.2, 0) is 11.2 Å². The fraction of sp³-hybridized carbons (Fsp3) is 0.688. The largest absolute Gasteiger partial charge is 0.444 e. The lowest BCUT2D eigenvalue weighted by molar-refractivity contribution is 0.0456. The van der Waals surface area contributed by atoms with Gasteiger partial charge in [-0.25, -0.2) is 4.79 Å². The zero-order chi connectivity index (χ0) is 16.8. The Bertz CT molecular complexity index is 484. The Morgan fingerprint density at radius 1 is 1.41 bits per heavy atom. The Hall–Kier alpha value is -0.590. The lowest BCUT2D eigenvalue weighted by atomic mass is 9.80. The minimum Gasteiger partial charge on any atom is -0.444 e. The summed E-state index contributed by atoms with van der Waals surface area (Å²) in [5, 5.41) is 12.7. The molecule has 4 nitrogen and oxygen atoms in total. The fourth-order valence-corrected chi connectivity index (χ4v) is 4.01. The smallest absolute Gasteiger partial charge is 0.407 e. The summed E-state index contributed by atoms with van der Waals surface area (Å²) in [6.07, 6.45) is 2.09. The topological polar surface area (TPSA) is 58.6 Å². The van der Waals surface area contributed by atoms with Gasteiger partial charge < -0.3 is 15.2 Å². The van der Waals surface area contributed by atoms with Crippen molar-refractivity contribution in [2.75, 3.05) is 13.2 Å². The zero-order valence-corrected chi connectivity index (χ0v) is 16.1. The molecule has 0 aliphatic rings. The highest BCUT2D eigenvalue weighted by molar-refractivity contribution is 9.11. The number of thiophene rings is 1. The first-order valence-corrected chi connectivity index (χ1v) is 9.12. The van der Waals surface area contributed by atoms with Crippen LogP contribution in [0.4, 0.5) is 4.79 Å². The average molecular weight is 392 g/mol. The van der Waals surface area contributed by atoms with E-state index in [-0.39, 0.29) is 12.0 Å². The third-order valence-electron chi connectivity index (χ3n) is 3.30. The molecule has 1 unspecified atom stereocenters. The van der Waals surface area contributed by atoms with Crippen LogP contribution in [0.25, 0.3) is 0 Å². The van der Waals surface area contributed by atoms with Crippen LogP contribution in [0.3, 0.4) is 0 Å². The lowest BCUT2D eigenvalue weighted by Crippen LogP contribution is -2.43. The van der Waals surface area contributed by atoms with Crippen molar-refractivity contribution in [1.29, 1.82) is 0 Å². The molecule has 0 radical (unpaired) electrons. The number of rotatable bonds is 7. The Kier molecular flexibility index (Phi) is 7.35. The molecule has 0 aliphatic heterocycles. The highest BCUT2D eigenvalue weighted by atomic mass is 79.9. The predicted molar refractivity (Wildman–Crippen MR) is 94.4 cm³/mol. The normalized spacial score (nSPS) is 14.5. The van der Waals surface area contributed by atoms with E-state index in [9.17, 15) is 9.90 Å². The van der Waals surface area contributed by atoms with Crippen LogP contribution in [-0.4, -0.2) is 30.0 Å². The van der Waals surface area contributed by atoms with E-state index in [2.05, 4.69) is 34.2 Å². The molecular formula is C16H26BrNO3S. The van der Waals surface area contributed by atoms with E-state index < -0.39 is 11.7 Å². The molecule has 2 N–H and O–H groups in total. The standard InChI is InChI=1S/C16H26BrNO3S/c1-5-8-16(11-19,9-12-6-7-13(17)22-12)10-18-14(20)21-15(2,3)4/h6-7,19H,5,8-11H2,1-4H3,(H,18,20). The number of carbonyl (C=O) groups is 1. The Balaban J connectivity index is 2.72. The third kappa shape index (κ3) is 6.67. The highest BCUT2D eigenvalue weighted by Crippen LogP contribution is 2.32. The van der Waals surface area contributed by atoms with Gasteiger partial charge in [0.1, 0.15) is 5.60 Å². The lowest BCUT2D eigenvalue weighted by Gasteiger charge is -2.32. The quantitative estimate of drug-likeness (QED) is 0.725. The van der Waals surface area contributed by atoms with Crippen molar-refractivity contribution in [2.45, 2.75) is 52.6 Å². The minimum absolute atomic E-state index is 0.0339. The van der Waals surface area contributed by atoms with Crippen molar-refractivity contribution in [3.8, 4) is 0 Å². The maximum absolute atomic E-state index is 11.9. The van der Waals surface area contributed by atoms with Gasteiger partial charge in [-0.05, 0) is 61.7 Å². The van der Waals surface area contributed by atoms with Gasteiger partial charge in [-0.15, -0.1) is 11.3 Å². The number of halogens is 1. The molecule has 1 heterocycles. The molecule has 0 saturated carbocycles. The van der Waals surface area contributed by atoms with Crippen molar-refractivity contribution in [3.63, 3.8) is 0 Å². The van der Waals surface area contributed by atoms with Gasteiger partial charge >= 0.3 is 6.09 Å². The summed E-state index contributed by atoms with van der Waals surface area (Å²) in [4.78, 5) is 13.1. The predicted octanol–water partition coefficient (Wildman–Crippen LogP) is 4.36. The van der Waals surface area contributed by atoms with Crippen LogP contribution in [0.2, 0.25) is 0 Å². The number of amides is 1. The Morgan fingerprint density at radius 2 is 2.09 bits per heavy atom. The van der Waals surface area contributed by atoms with Gasteiger partial charge in [-0.3, -0.25) is 0 Å². The first-order chi connectivity index (χ1) is 10.2. The van der Waals surface area contributed by atoms with E-state index >= 15 is 0 Å². The van der Waals surface area contributed by atoms with E-state index in [1.54, 1.807) is 11.3 Å². The van der Waals surface area contributed by atoms with Crippen molar-refractivity contribution < 1.29 is 14.6 Å². The van der Waals surface area contributed by atoms with Gasteiger partial charge in [0.05, 0.1) is 10.4 Å². The molecule has 0 spiro atoms. The van der Waals surface area contributed by atoms with Crippen molar-refractivity contribution >= 4 is 33.4 Å². The molecule has 1 atom stereocenters. The summed E-state index contributed by atoms with van der Waals surface area (Å²) in [5.41, 5.74) is -0.870. The van der Waals surface area contributed by atoms with E-state index in [1.807, 2.05) is 26.8 Å². The molecule has 1 aromatic rings. The van der Waals surface area contributed by atoms with Crippen LogP contribution >= 0.6 is 27.3 Å². The Morgan fingerprint density at radius 3 is 2.55 bits per heavy atom. The molecule has 0 aromatic carbocycles. The van der Waals surface area contributed by atoms with Crippen molar-refractivity contribution in [1.82, 2.24) is 5.32 Å². The van der Waals surface area contributed by atoms with E-state index in [1.165, 1.54) is 4.88 Å². The molecule has 0 bridgehead atoms.